The van der Waals surface area contributed by atoms with Crippen molar-refractivity contribution in [2.75, 3.05) is 11.9 Å². The number of hydrogen-bond acceptors (Lipinski definition) is 6. The summed E-state index contributed by atoms with van der Waals surface area (Å²) in [7, 11) is 0. The summed E-state index contributed by atoms with van der Waals surface area (Å²) in [6, 6.07) is 2.05. The van der Waals surface area contributed by atoms with Crippen LogP contribution in [0.5, 0.6) is 0 Å². The second-order valence-corrected chi connectivity index (χ2v) is 7.63. The van der Waals surface area contributed by atoms with E-state index in [1.807, 2.05) is 19.2 Å². The second-order valence-electron chi connectivity index (χ2n) is 7.63. The predicted octanol–water partition coefficient (Wildman–Crippen LogP) is 4.01. The van der Waals surface area contributed by atoms with Crippen LogP contribution in [0.1, 0.15) is 40.5 Å². The largest absolute Gasteiger partial charge is 0.464 e. The second kappa shape index (κ2) is 9.54. The first-order valence-corrected chi connectivity index (χ1v) is 10.3. The molecule has 0 radical (unpaired) electrons. The molecule has 1 N–H and O–H groups in total. The van der Waals surface area contributed by atoms with Gasteiger partial charge in [0.1, 0.15) is 12.2 Å². The summed E-state index contributed by atoms with van der Waals surface area (Å²) >= 11 is 0. The van der Waals surface area contributed by atoms with Crippen molar-refractivity contribution in [1.82, 2.24) is 24.3 Å². The average molecular weight is 399 g/mol. The molecule has 0 aliphatic carbocycles. The fourth-order valence-corrected chi connectivity index (χ4v) is 3.28. The summed E-state index contributed by atoms with van der Waals surface area (Å²) in [6.07, 6.45) is 9.22. The van der Waals surface area contributed by atoms with Crippen molar-refractivity contribution in [3.05, 3.63) is 30.9 Å². The zero-order valence-corrected chi connectivity index (χ0v) is 17.6. The van der Waals surface area contributed by atoms with Crippen LogP contribution in [-0.2, 0) is 22.6 Å². The predicted molar refractivity (Wildman–Crippen MR) is 113 cm³/mol. The van der Waals surface area contributed by atoms with Crippen molar-refractivity contribution in [3.8, 4) is 0 Å². The third-order valence-corrected chi connectivity index (χ3v) is 5.05. The average Bonchev–Trinajstić information content (AvgIpc) is 3.30. The van der Waals surface area contributed by atoms with E-state index in [4.69, 9.17) is 9.72 Å². The molecule has 1 atom stereocenters. The van der Waals surface area contributed by atoms with Crippen LogP contribution in [0.25, 0.3) is 11.0 Å². The molecular weight excluding hydrogens is 368 g/mol. The standard InChI is InChI=1S/C21H30N6O2/c1-5-9-29-19(28)14-27-13-18(11-23-27)24-21-22-10-17-7-8-26(20(17)25-21)12-16(6-2)15(3)4/h7-8,10-11,13,15-16H,5-6,9,12,14H2,1-4H3,(H,22,24,25). The van der Waals surface area contributed by atoms with E-state index in [0.717, 1.165) is 36.1 Å². The molecule has 29 heavy (non-hydrogen) atoms. The molecule has 3 rings (SSSR count). The molecule has 0 fully saturated rings. The Balaban J connectivity index is 1.71. The number of anilines is 2. The molecular formula is C21H30N6O2. The van der Waals surface area contributed by atoms with Gasteiger partial charge >= 0.3 is 5.97 Å². The van der Waals surface area contributed by atoms with Gasteiger partial charge in [-0.25, -0.2) is 4.98 Å². The third-order valence-electron chi connectivity index (χ3n) is 5.05. The smallest absolute Gasteiger partial charge is 0.327 e. The van der Waals surface area contributed by atoms with Gasteiger partial charge in [-0.05, 0) is 24.3 Å². The Morgan fingerprint density at radius 2 is 2.10 bits per heavy atom. The van der Waals surface area contributed by atoms with E-state index in [2.05, 4.69) is 46.9 Å². The highest BCUT2D eigenvalue weighted by atomic mass is 16.5. The van der Waals surface area contributed by atoms with Crippen molar-refractivity contribution in [1.29, 1.82) is 0 Å². The number of nitrogens with one attached hydrogen (secondary N) is 1. The van der Waals surface area contributed by atoms with Crippen LogP contribution >= 0.6 is 0 Å². The molecule has 0 amide bonds. The van der Waals surface area contributed by atoms with E-state index in [1.54, 1.807) is 12.4 Å². The van der Waals surface area contributed by atoms with Gasteiger partial charge in [0, 0.05) is 30.5 Å². The highest BCUT2D eigenvalue weighted by Crippen LogP contribution is 2.22. The first-order chi connectivity index (χ1) is 14.0. The SMILES string of the molecule is CCCOC(=O)Cn1cc(Nc2ncc3ccn(CC(CC)C(C)C)c3n2)cn1. The summed E-state index contributed by atoms with van der Waals surface area (Å²) < 4.78 is 8.82. The van der Waals surface area contributed by atoms with Crippen LogP contribution in [0.4, 0.5) is 11.6 Å². The van der Waals surface area contributed by atoms with E-state index < -0.39 is 0 Å². The molecule has 3 aromatic rings. The monoisotopic (exact) mass is 398 g/mol. The molecule has 1 unspecified atom stereocenters. The first-order valence-electron chi connectivity index (χ1n) is 10.3. The Bertz CT molecular complexity index is 946. The lowest BCUT2D eigenvalue weighted by Crippen LogP contribution is -2.15. The Labute approximate surface area is 171 Å². The number of hydrogen-bond donors (Lipinski definition) is 1. The summed E-state index contributed by atoms with van der Waals surface area (Å²) in [6.45, 7) is 10.2. The molecule has 0 spiro atoms. The fourth-order valence-electron chi connectivity index (χ4n) is 3.28. The zero-order valence-electron chi connectivity index (χ0n) is 17.6. The van der Waals surface area contributed by atoms with Gasteiger partial charge in [-0.3, -0.25) is 9.48 Å². The number of rotatable bonds is 10. The third kappa shape index (κ3) is 5.34. The van der Waals surface area contributed by atoms with Crippen molar-refractivity contribution >= 4 is 28.6 Å². The van der Waals surface area contributed by atoms with Gasteiger partial charge in [0.25, 0.3) is 0 Å². The van der Waals surface area contributed by atoms with E-state index >= 15 is 0 Å². The number of carbonyl (C=O) groups excluding carboxylic acids is 1. The van der Waals surface area contributed by atoms with Crippen LogP contribution in [0.2, 0.25) is 0 Å². The lowest BCUT2D eigenvalue weighted by Gasteiger charge is -2.20. The van der Waals surface area contributed by atoms with Crippen LogP contribution in [0.3, 0.4) is 0 Å². The molecule has 0 aliphatic rings. The number of aromatic nitrogens is 5. The molecule has 8 heteroatoms. The van der Waals surface area contributed by atoms with Gasteiger partial charge in [-0.15, -0.1) is 0 Å². The molecule has 0 bridgehead atoms. The van der Waals surface area contributed by atoms with Gasteiger partial charge in [0.15, 0.2) is 0 Å². The van der Waals surface area contributed by atoms with Gasteiger partial charge < -0.3 is 14.6 Å². The first kappa shape index (κ1) is 20.8. The van der Waals surface area contributed by atoms with Crippen LogP contribution in [0.15, 0.2) is 30.9 Å². The maximum absolute atomic E-state index is 11.7. The van der Waals surface area contributed by atoms with Crippen molar-refractivity contribution in [2.24, 2.45) is 11.8 Å². The van der Waals surface area contributed by atoms with Crippen LogP contribution < -0.4 is 5.32 Å². The molecule has 3 heterocycles. The molecule has 0 saturated carbocycles. The van der Waals surface area contributed by atoms with Crippen LogP contribution in [-0.4, -0.2) is 36.9 Å². The zero-order chi connectivity index (χ0) is 20.8. The topological polar surface area (TPSA) is 86.9 Å². The minimum absolute atomic E-state index is 0.0814. The number of carbonyl (C=O) groups is 1. The maximum Gasteiger partial charge on any atom is 0.327 e. The number of fused-ring (bicyclic) bond motifs is 1. The van der Waals surface area contributed by atoms with Gasteiger partial charge in [-0.2, -0.15) is 10.1 Å². The van der Waals surface area contributed by atoms with Gasteiger partial charge in [0.05, 0.1) is 18.5 Å². The van der Waals surface area contributed by atoms with Crippen molar-refractivity contribution in [2.45, 2.75) is 53.6 Å². The molecule has 156 valence electrons. The Morgan fingerprint density at radius 1 is 1.28 bits per heavy atom. The highest BCUT2D eigenvalue weighted by molar-refractivity contribution is 5.76. The van der Waals surface area contributed by atoms with E-state index in [1.165, 1.54) is 4.68 Å². The van der Waals surface area contributed by atoms with Crippen LogP contribution in [0, 0.1) is 11.8 Å². The molecule has 8 nitrogen and oxygen atoms in total. The summed E-state index contributed by atoms with van der Waals surface area (Å²) in [4.78, 5) is 20.8. The fraction of sp³-hybridized carbons (Fsp3) is 0.524. The van der Waals surface area contributed by atoms with Crippen molar-refractivity contribution in [3.63, 3.8) is 0 Å². The summed E-state index contributed by atoms with van der Waals surface area (Å²) in [5.41, 5.74) is 1.64. The quantitative estimate of drug-likeness (QED) is 0.519. The Kier molecular flexibility index (Phi) is 6.85. The number of esters is 1. The molecule has 0 saturated heterocycles. The number of ether oxygens (including phenoxy) is 1. The van der Waals surface area contributed by atoms with E-state index in [9.17, 15) is 4.79 Å². The summed E-state index contributed by atoms with van der Waals surface area (Å²) in [5.74, 6) is 1.42. The highest BCUT2D eigenvalue weighted by Gasteiger charge is 2.14. The lowest BCUT2D eigenvalue weighted by atomic mass is 9.93. The minimum atomic E-state index is -0.298. The molecule has 3 aromatic heterocycles. The molecule has 0 aliphatic heterocycles. The van der Waals surface area contributed by atoms with E-state index in [0.29, 0.717) is 24.4 Å². The normalized spacial score (nSPS) is 12.4. The van der Waals surface area contributed by atoms with Gasteiger partial charge in [-0.1, -0.05) is 34.1 Å². The van der Waals surface area contributed by atoms with E-state index in [-0.39, 0.29) is 12.5 Å². The lowest BCUT2D eigenvalue weighted by molar-refractivity contribution is -0.144. The summed E-state index contributed by atoms with van der Waals surface area (Å²) in [5, 5.41) is 8.38. The van der Waals surface area contributed by atoms with Gasteiger partial charge in [0.2, 0.25) is 5.95 Å². The number of nitrogens with zero attached hydrogens (tertiary/aromatic N) is 5. The Morgan fingerprint density at radius 3 is 2.83 bits per heavy atom. The van der Waals surface area contributed by atoms with Crippen molar-refractivity contribution < 1.29 is 9.53 Å². The Hall–Kier alpha value is -2.90. The molecule has 0 aromatic carbocycles. The minimum Gasteiger partial charge on any atom is -0.464 e. The maximum atomic E-state index is 11.7.